The molecule has 3 heterocycles. The van der Waals surface area contributed by atoms with Crippen LogP contribution in [0.15, 0.2) is 65.3 Å². The van der Waals surface area contributed by atoms with Crippen molar-refractivity contribution in [1.82, 2.24) is 20.5 Å². The molecule has 4 aromatic rings. The van der Waals surface area contributed by atoms with Gasteiger partial charge in [0.15, 0.2) is 0 Å². The number of fused-ring (bicyclic) bond motifs is 1. The minimum Gasteiger partial charge on any atom is -0.464 e. The van der Waals surface area contributed by atoms with Crippen LogP contribution in [-0.4, -0.2) is 41.4 Å². The van der Waals surface area contributed by atoms with E-state index in [0.717, 1.165) is 54.2 Å². The number of anilines is 3. The molecule has 2 aromatic heterocycles. The summed E-state index contributed by atoms with van der Waals surface area (Å²) in [5.41, 5.74) is 4.64. The van der Waals surface area contributed by atoms with Crippen LogP contribution in [0.1, 0.15) is 0 Å². The summed E-state index contributed by atoms with van der Waals surface area (Å²) in [6.45, 7) is 4.11. The van der Waals surface area contributed by atoms with Crippen LogP contribution in [0.5, 0.6) is 0 Å². The molecule has 2 N–H and O–H groups in total. The molecule has 5 rings (SSSR count). The summed E-state index contributed by atoms with van der Waals surface area (Å²) in [5, 5.41) is 15.1. The second-order valence-corrected chi connectivity index (χ2v) is 6.73. The van der Waals surface area contributed by atoms with E-state index in [1.165, 1.54) is 5.69 Å². The van der Waals surface area contributed by atoms with E-state index in [1.54, 1.807) is 6.26 Å². The Kier molecular flexibility index (Phi) is 4.34. The van der Waals surface area contributed by atoms with E-state index in [9.17, 15) is 0 Å². The molecule has 1 saturated heterocycles. The minimum absolute atomic E-state index is 0.471. The summed E-state index contributed by atoms with van der Waals surface area (Å²) in [5.74, 6) is 1.28. The number of nitrogens with one attached hydrogen (secondary N) is 2. The van der Waals surface area contributed by atoms with Crippen molar-refractivity contribution in [3.63, 3.8) is 0 Å². The molecule has 28 heavy (non-hydrogen) atoms. The van der Waals surface area contributed by atoms with Gasteiger partial charge in [-0.1, -0.05) is 0 Å². The molecule has 0 bridgehead atoms. The van der Waals surface area contributed by atoms with Crippen molar-refractivity contribution in [3.8, 4) is 11.3 Å². The maximum absolute atomic E-state index is 5.47. The molecule has 0 spiro atoms. The molecular weight excluding hydrogens is 352 g/mol. The standard InChI is InChI=1S/C21H20N6O/c1-2-20(28-13-1)15-3-8-18-19(14-15)24-21(26-25-18)23-16-4-6-17(7-5-16)27-11-9-22-10-12-27/h1-8,13-14,22H,9-12H2,(H,23,24,26). The third kappa shape index (κ3) is 3.39. The van der Waals surface area contributed by atoms with Gasteiger partial charge in [-0.3, -0.25) is 0 Å². The summed E-state index contributed by atoms with van der Waals surface area (Å²) in [4.78, 5) is 6.99. The molecule has 0 unspecified atom stereocenters. The van der Waals surface area contributed by atoms with Crippen LogP contribution in [0, 0.1) is 0 Å². The lowest BCUT2D eigenvalue weighted by Gasteiger charge is -2.29. The monoisotopic (exact) mass is 372 g/mol. The van der Waals surface area contributed by atoms with Crippen LogP contribution in [0.2, 0.25) is 0 Å². The van der Waals surface area contributed by atoms with E-state index in [0.29, 0.717) is 5.95 Å². The predicted octanol–water partition coefficient (Wildman–Crippen LogP) is 3.44. The van der Waals surface area contributed by atoms with Crippen molar-refractivity contribution in [2.24, 2.45) is 0 Å². The maximum atomic E-state index is 5.47. The molecule has 1 fully saturated rings. The van der Waals surface area contributed by atoms with E-state index in [4.69, 9.17) is 4.42 Å². The average Bonchev–Trinajstić information content (AvgIpc) is 3.29. The summed E-state index contributed by atoms with van der Waals surface area (Å²) >= 11 is 0. The fourth-order valence-electron chi connectivity index (χ4n) is 3.39. The Morgan fingerprint density at radius 3 is 2.57 bits per heavy atom. The van der Waals surface area contributed by atoms with Gasteiger partial charge in [0, 0.05) is 43.1 Å². The van der Waals surface area contributed by atoms with Crippen LogP contribution in [0.3, 0.4) is 0 Å². The molecule has 1 aliphatic rings. The number of nitrogens with zero attached hydrogens (tertiary/aromatic N) is 4. The number of hydrogen-bond donors (Lipinski definition) is 2. The summed E-state index contributed by atoms with van der Waals surface area (Å²) in [6, 6.07) is 18.0. The quantitative estimate of drug-likeness (QED) is 0.568. The number of rotatable bonds is 4. The maximum Gasteiger partial charge on any atom is 0.247 e. The highest BCUT2D eigenvalue weighted by molar-refractivity contribution is 5.80. The van der Waals surface area contributed by atoms with Gasteiger partial charge in [-0.25, -0.2) is 4.98 Å². The number of aromatic nitrogens is 3. The van der Waals surface area contributed by atoms with Crippen LogP contribution < -0.4 is 15.5 Å². The Bertz CT molecular complexity index is 1070. The van der Waals surface area contributed by atoms with Gasteiger partial charge in [-0.15, -0.1) is 10.2 Å². The first-order chi connectivity index (χ1) is 13.8. The molecule has 0 radical (unpaired) electrons. The van der Waals surface area contributed by atoms with Crippen LogP contribution in [0.4, 0.5) is 17.3 Å². The number of hydrogen-bond acceptors (Lipinski definition) is 7. The Balaban J connectivity index is 1.37. The van der Waals surface area contributed by atoms with Gasteiger partial charge >= 0.3 is 0 Å². The average molecular weight is 372 g/mol. The lowest BCUT2D eigenvalue weighted by atomic mass is 10.1. The molecule has 7 heteroatoms. The van der Waals surface area contributed by atoms with E-state index < -0.39 is 0 Å². The van der Waals surface area contributed by atoms with Gasteiger partial charge in [0.2, 0.25) is 5.95 Å². The van der Waals surface area contributed by atoms with Gasteiger partial charge in [0.1, 0.15) is 11.3 Å². The molecule has 0 saturated carbocycles. The molecule has 0 amide bonds. The van der Waals surface area contributed by atoms with Crippen molar-refractivity contribution < 1.29 is 4.42 Å². The van der Waals surface area contributed by atoms with E-state index >= 15 is 0 Å². The zero-order valence-corrected chi connectivity index (χ0v) is 15.3. The number of benzene rings is 2. The van der Waals surface area contributed by atoms with Crippen LogP contribution in [-0.2, 0) is 0 Å². The second kappa shape index (κ2) is 7.28. The van der Waals surface area contributed by atoms with Gasteiger partial charge in [-0.2, -0.15) is 0 Å². The van der Waals surface area contributed by atoms with Crippen LogP contribution >= 0.6 is 0 Å². The highest BCUT2D eigenvalue weighted by Gasteiger charge is 2.10. The van der Waals surface area contributed by atoms with E-state index in [1.807, 2.05) is 42.5 Å². The Labute approximate surface area is 162 Å². The molecular formula is C21H20N6O. The first kappa shape index (κ1) is 16.7. The Morgan fingerprint density at radius 2 is 1.79 bits per heavy atom. The lowest BCUT2D eigenvalue weighted by Crippen LogP contribution is -2.43. The van der Waals surface area contributed by atoms with Gasteiger partial charge < -0.3 is 20.0 Å². The highest BCUT2D eigenvalue weighted by atomic mass is 16.3. The highest BCUT2D eigenvalue weighted by Crippen LogP contribution is 2.24. The van der Waals surface area contributed by atoms with Crippen molar-refractivity contribution in [1.29, 1.82) is 0 Å². The minimum atomic E-state index is 0.471. The fourth-order valence-corrected chi connectivity index (χ4v) is 3.39. The lowest BCUT2D eigenvalue weighted by molar-refractivity contribution is 0.582. The van der Waals surface area contributed by atoms with E-state index in [-0.39, 0.29) is 0 Å². The molecule has 0 aliphatic carbocycles. The first-order valence-electron chi connectivity index (χ1n) is 9.36. The Morgan fingerprint density at radius 1 is 0.929 bits per heavy atom. The molecule has 140 valence electrons. The van der Waals surface area contributed by atoms with E-state index in [2.05, 4.69) is 42.8 Å². The first-order valence-corrected chi connectivity index (χ1v) is 9.36. The van der Waals surface area contributed by atoms with Crippen molar-refractivity contribution in [2.75, 3.05) is 36.4 Å². The molecule has 2 aromatic carbocycles. The Hall–Kier alpha value is -3.45. The molecule has 0 atom stereocenters. The van der Waals surface area contributed by atoms with Crippen molar-refractivity contribution in [3.05, 3.63) is 60.9 Å². The third-order valence-electron chi connectivity index (χ3n) is 4.87. The zero-order valence-electron chi connectivity index (χ0n) is 15.3. The van der Waals surface area contributed by atoms with Crippen molar-refractivity contribution in [2.45, 2.75) is 0 Å². The van der Waals surface area contributed by atoms with Gasteiger partial charge in [0.05, 0.1) is 11.8 Å². The normalized spacial score (nSPS) is 14.4. The summed E-state index contributed by atoms with van der Waals surface area (Å²) in [6.07, 6.45) is 1.66. The third-order valence-corrected chi connectivity index (χ3v) is 4.87. The topological polar surface area (TPSA) is 79.1 Å². The molecule has 7 nitrogen and oxygen atoms in total. The zero-order chi connectivity index (χ0) is 18.8. The van der Waals surface area contributed by atoms with Crippen LogP contribution in [0.25, 0.3) is 22.4 Å². The molecule has 1 aliphatic heterocycles. The summed E-state index contributed by atoms with van der Waals surface area (Å²) in [7, 11) is 0. The number of piperazine rings is 1. The number of furan rings is 1. The fraction of sp³-hybridized carbons (Fsp3) is 0.190. The SMILES string of the molecule is c1coc(-c2ccc3nnc(Nc4ccc(N5CCNCC5)cc4)nc3c2)c1. The summed E-state index contributed by atoms with van der Waals surface area (Å²) < 4.78 is 5.47. The van der Waals surface area contributed by atoms with Crippen molar-refractivity contribution >= 4 is 28.4 Å². The smallest absolute Gasteiger partial charge is 0.247 e. The predicted molar refractivity (Wildman–Crippen MR) is 110 cm³/mol. The second-order valence-electron chi connectivity index (χ2n) is 6.73. The van der Waals surface area contributed by atoms with Gasteiger partial charge in [0.25, 0.3) is 0 Å². The largest absolute Gasteiger partial charge is 0.464 e. The van der Waals surface area contributed by atoms with Gasteiger partial charge in [-0.05, 0) is 54.6 Å².